The maximum atomic E-state index is 12.8. The molecule has 0 spiro atoms. The van der Waals surface area contributed by atoms with Crippen molar-refractivity contribution in [3.05, 3.63) is 96.1 Å². The Morgan fingerprint density at radius 2 is 1.55 bits per heavy atom. The van der Waals surface area contributed by atoms with Crippen LogP contribution < -0.4 is 10.0 Å². The topological polar surface area (TPSA) is 102 Å². The number of methoxy groups -OCH3 is 1. The molecule has 0 radical (unpaired) electrons. The van der Waals surface area contributed by atoms with E-state index in [4.69, 9.17) is 4.74 Å². The van der Waals surface area contributed by atoms with Crippen LogP contribution in [0.5, 0.6) is 0 Å². The van der Waals surface area contributed by atoms with Crippen molar-refractivity contribution < 1.29 is 22.7 Å². The molecule has 0 unspecified atom stereocenters. The maximum absolute atomic E-state index is 12.8. The highest BCUT2D eigenvalue weighted by Crippen LogP contribution is 2.17. The number of hydrogen-bond donors (Lipinski definition) is 2. The lowest BCUT2D eigenvalue weighted by Gasteiger charge is -2.17. The quantitative estimate of drug-likeness (QED) is 0.527. The van der Waals surface area contributed by atoms with E-state index in [2.05, 4.69) is 10.0 Å². The van der Waals surface area contributed by atoms with Gasteiger partial charge in [-0.1, -0.05) is 54.6 Å². The third-order valence-corrected chi connectivity index (χ3v) is 5.90. The zero-order valence-electron chi connectivity index (χ0n) is 16.8. The van der Waals surface area contributed by atoms with Crippen molar-refractivity contribution in [3.63, 3.8) is 0 Å². The molecule has 3 aromatic carbocycles. The zero-order valence-corrected chi connectivity index (χ0v) is 17.6. The molecule has 0 aliphatic carbocycles. The summed E-state index contributed by atoms with van der Waals surface area (Å²) in [6.45, 7) is 0. The molecular weight excluding hydrogens is 416 g/mol. The Morgan fingerprint density at radius 3 is 2.19 bits per heavy atom. The van der Waals surface area contributed by atoms with E-state index in [0.29, 0.717) is 0 Å². The summed E-state index contributed by atoms with van der Waals surface area (Å²) in [6.07, 6.45) is 0.263. The Labute approximate surface area is 181 Å². The molecule has 3 aromatic rings. The Hall–Kier alpha value is -3.65. The highest BCUT2D eigenvalue weighted by Gasteiger charge is 2.23. The minimum Gasteiger partial charge on any atom is -0.467 e. The lowest BCUT2D eigenvalue weighted by molar-refractivity contribution is -0.142. The van der Waals surface area contributed by atoms with Gasteiger partial charge < -0.3 is 10.1 Å². The number of amides is 1. The van der Waals surface area contributed by atoms with Crippen LogP contribution in [-0.4, -0.2) is 33.4 Å². The SMILES string of the molecule is COC(=O)[C@@H](Cc1ccccc1)NC(=O)c1cccc(NS(=O)(=O)c2ccccc2)c1. The van der Waals surface area contributed by atoms with Crippen molar-refractivity contribution in [1.29, 1.82) is 0 Å². The number of benzene rings is 3. The minimum atomic E-state index is -3.79. The second-order valence-corrected chi connectivity index (χ2v) is 8.42. The summed E-state index contributed by atoms with van der Waals surface area (Å²) in [7, 11) is -2.54. The summed E-state index contributed by atoms with van der Waals surface area (Å²) in [4.78, 5) is 25.0. The van der Waals surface area contributed by atoms with Crippen LogP contribution in [0.25, 0.3) is 0 Å². The molecule has 0 saturated carbocycles. The van der Waals surface area contributed by atoms with Crippen molar-refractivity contribution in [2.75, 3.05) is 11.8 Å². The maximum Gasteiger partial charge on any atom is 0.328 e. The average molecular weight is 439 g/mol. The highest BCUT2D eigenvalue weighted by molar-refractivity contribution is 7.92. The third-order valence-electron chi connectivity index (χ3n) is 4.50. The first-order chi connectivity index (χ1) is 14.9. The van der Waals surface area contributed by atoms with E-state index in [0.717, 1.165) is 5.56 Å². The molecule has 1 atom stereocenters. The van der Waals surface area contributed by atoms with E-state index < -0.39 is 27.9 Å². The predicted molar refractivity (Wildman–Crippen MR) is 117 cm³/mol. The minimum absolute atomic E-state index is 0.110. The van der Waals surface area contributed by atoms with Crippen molar-refractivity contribution in [2.45, 2.75) is 17.4 Å². The molecule has 160 valence electrons. The van der Waals surface area contributed by atoms with Gasteiger partial charge in [0.2, 0.25) is 0 Å². The van der Waals surface area contributed by atoms with Crippen LogP contribution in [0.4, 0.5) is 5.69 Å². The van der Waals surface area contributed by atoms with Crippen molar-refractivity contribution in [1.82, 2.24) is 5.32 Å². The summed E-state index contributed by atoms with van der Waals surface area (Å²) in [5.74, 6) is -1.09. The molecule has 0 saturated heterocycles. The second-order valence-electron chi connectivity index (χ2n) is 6.74. The van der Waals surface area contributed by atoms with Gasteiger partial charge in [-0.15, -0.1) is 0 Å². The first kappa shape index (κ1) is 22.0. The van der Waals surface area contributed by atoms with Gasteiger partial charge in [0.05, 0.1) is 12.0 Å². The number of nitrogens with one attached hydrogen (secondary N) is 2. The molecule has 0 fully saturated rings. The van der Waals surface area contributed by atoms with E-state index in [1.807, 2.05) is 30.3 Å². The molecule has 0 aliphatic heterocycles. The molecule has 0 heterocycles. The summed E-state index contributed by atoms with van der Waals surface area (Å²) in [5.41, 5.74) is 1.30. The molecule has 8 heteroatoms. The predicted octanol–water partition coefficient (Wildman–Crippen LogP) is 3.00. The molecule has 3 rings (SSSR count). The largest absolute Gasteiger partial charge is 0.467 e. The normalized spacial score (nSPS) is 11.9. The summed E-state index contributed by atoms with van der Waals surface area (Å²) in [5, 5.41) is 2.66. The lowest BCUT2D eigenvalue weighted by atomic mass is 10.1. The fourth-order valence-electron chi connectivity index (χ4n) is 2.96. The Bertz CT molecular complexity index is 1150. The van der Waals surface area contributed by atoms with Gasteiger partial charge in [0.15, 0.2) is 0 Å². The van der Waals surface area contributed by atoms with Gasteiger partial charge in [-0.3, -0.25) is 9.52 Å². The van der Waals surface area contributed by atoms with E-state index in [1.165, 1.54) is 31.4 Å². The molecule has 7 nitrogen and oxygen atoms in total. The smallest absolute Gasteiger partial charge is 0.328 e. The van der Waals surface area contributed by atoms with Crippen LogP contribution in [0.15, 0.2) is 89.8 Å². The molecular formula is C23H22N2O5S. The van der Waals surface area contributed by atoms with Crippen molar-refractivity contribution in [3.8, 4) is 0 Å². The number of rotatable bonds is 8. The number of carbonyl (C=O) groups excluding carboxylic acids is 2. The van der Waals surface area contributed by atoms with Crippen LogP contribution in [0.1, 0.15) is 15.9 Å². The number of anilines is 1. The Kier molecular flexibility index (Phi) is 7.04. The molecule has 1 amide bonds. The van der Waals surface area contributed by atoms with Crippen LogP contribution in [0.3, 0.4) is 0 Å². The van der Waals surface area contributed by atoms with E-state index in [9.17, 15) is 18.0 Å². The average Bonchev–Trinajstić information content (AvgIpc) is 2.79. The number of esters is 1. The van der Waals surface area contributed by atoms with Gasteiger partial charge in [0.25, 0.3) is 15.9 Å². The number of ether oxygens (including phenoxy) is 1. The second kappa shape index (κ2) is 9.90. The fraction of sp³-hybridized carbons (Fsp3) is 0.130. The van der Waals surface area contributed by atoms with E-state index in [1.54, 1.807) is 30.3 Å². The number of sulfonamides is 1. The van der Waals surface area contributed by atoms with Crippen molar-refractivity contribution in [2.24, 2.45) is 0 Å². The lowest BCUT2D eigenvalue weighted by Crippen LogP contribution is -2.43. The van der Waals surface area contributed by atoms with Crippen molar-refractivity contribution >= 4 is 27.6 Å². The van der Waals surface area contributed by atoms with Crippen LogP contribution in [-0.2, 0) is 26.0 Å². The van der Waals surface area contributed by atoms with Gasteiger partial charge in [0.1, 0.15) is 6.04 Å². The summed E-state index contributed by atoms with van der Waals surface area (Å²) in [6, 6.07) is 22.3. The fourth-order valence-corrected chi connectivity index (χ4v) is 4.04. The van der Waals surface area contributed by atoms with Crippen LogP contribution in [0.2, 0.25) is 0 Å². The molecule has 0 aliphatic rings. The first-order valence-electron chi connectivity index (χ1n) is 9.49. The van der Waals surface area contributed by atoms with Gasteiger partial charge in [0, 0.05) is 17.7 Å². The third kappa shape index (κ3) is 5.93. The van der Waals surface area contributed by atoms with E-state index in [-0.39, 0.29) is 22.6 Å². The Morgan fingerprint density at radius 1 is 0.903 bits per heavy atom. The van der Waals surface area contributed by atoms with Gasteiger partial charge in [-0.2, -0.15) is 0 Å². The molecule has 0 aromatic heterocycles. The summed E-state index contributed by atoms with van der Waals surface area (Å²) >= 11 is 0. The monoisotopic (exact) mass is 438 g/mol. The summed E-state index contributed by atoms with van der Waals surface area (Å²) < 4.78 is 32.3. The van der Waals surface area contributed by atoms with Crippen LogP contribution in [0, 0.1) is 0 Å². The number of hydrogen-bond acceptors (Lipinski definition) is 5. The molecule has 0 bridgehead atoms. The first-order valence-corrected chi connectivity index (χ1v) is 11.0. The number of carbonyl (C=O) groups is 2. The Balaban J connectivity index is 1.76. The van der Waals surface area contributed by atoms with Gasteiger partial charge in [-0.05, 0) is 35.9 Å². The van der Waals surface area contributed by atoms with Crippen LogP contribution >= 0.6 is 0 Å². The van der Waals surface area contributed by atoms with Gasteiger partial charge >= 0.3 is 5.97 Å². The van der Waals surface area contributed by atoms with Gasteiger partial charge in [-0.25, -0.2) is 13.2 Å². The molecule has 2 N–H and O–H groups in total. The standard InChI is InChI=1S/C23H22N2O5S/c1-30-23(27)21(15-17-9-4-2-5-10-17)24-22(26)18-11-8-12-19(16-18)25-31(28,29)20-13-6-3-7-14-20/h2-14,16,21,25H,15H2,1H3,(H,24,26)/t21-/m1/s1. The molecule has 31 heavy (non-hydrogen) atoms. The van der Waals surface area contributed by atoms with E-state index >= 15 is 0 Å². The zero-order chi connectivity index (χ0) is 22.3. The highest BCUT2D eigenvalue weighted by atomic mass is 32.2.